The second kappa shape index (κ2) is 8.06. The van der Waals surface area contributed by atoms with Crippen molar-refractivity contribution in [1.29, 1.82) is 0 Å². The highest BCUT2D eigenvalue weighted by molar-refractivity contribution is 6.74. The number of carbonyl (C=O) groups is 1. The first kappa shape index (κ1) is 22.3. The van der Waals surface area contributed by atoms with Gasteiger partial charge in [0.25, 0.3) is 0 Å². The minimum Gasteiger partial charge on any atom is -0.543 e. The van der Waals surface area contributed by atoms with E-state index in [-0.39, 0.29) is 10.5 Å². The Morgan fingerprint density at radius 1 is 1.24 bits per heavy atom. The Kier molecular flexibility index (Phi) is 6.20. The molecule has 2 saturated carbocycles. The third-order valence-corrected chi connectivity index (χ3v) is 12.6. The molecule has 0 amide bonds. The number of fused-ring (bicyclic) bond motifs is 1. The topological polar surface area (TPSA) is 26.3 Å². The van der Waals surface area contributed by atoms with Crippen molar-refractivity contribution >= 4 is 20.2 Å². The summed E-state index contributed by atoms with van der Waals surface area (Å²) in [6, 6.07) is 8.51. The van der Waals surface area contributed by atoms with Gasteiger partial charge in [-0.05, 0) is 78.8 Å². The summed E-state index contributed by atoms with van der Waals surface area (Å²) in [6.07, 6.45) is 9.99. The first-order valence-electron chi connectivity index (χ1n) is 11.4. The zero-order valence-corrected chi connectivity index (χ0v) is 20.5. The molecule has 0 aromatic heterocycles. The van der Waals surface area contributed by atoms with E-state index in [0.29, 0.717) is 23.5 Å². The highest BCUT2D eigenvalue weighted by atomic mass is 28.4. The molecule has 0 aliphatic heterocycles. The lowest BCUT2D eigenvalue weighted by Crippen LogP contribution is -2.43. The molecule has 4 atom stereocenters. The Hall–Kier alpha value is -1.35. The van der Waals surface area contributed by atoms with E-state index in [0.717, 1.165) is 25.0 Å². The van der Waals surface area contributed by atoms with Gasteiger partial charge in [0.1, 0.15) is 11.5 Å². The second-order valence-corrected chi connectivity index (χ2v) is 15.9. The van der Waals surface area contributed by atoms with Gasteiger partial charge < -0.3 is 4.43 Å². The lowest BCUT2D eigenvalue weighted by molar-refractivity contribution is -0.129. The summed E-state index contributed by atoms with van der Waals surface area (Å²) in [5, 5.41) is 0.194. The molecule has 0 unspecified atom stereocenters. The van der Waals surface area contributed by atoms with Gasteiger partial charge in [-0.2, -0.15) is 0 Å². The van der Waals surface area contributed by atoms with Crippen LogP contribution in [0.1, 0.15) is 72.3 Å². The highest BCUT2D eigenvalue weighted by Gasteiger charge is 2.51. The van der Waals surface area contributed by atoms with Crippen LogP contribution < -0.4 is 4.43 Å². The van der Waals surface area contributed by atoms with Gasteiger partial charge in [0.2, 0.25) is 8.32 Å². The van der Waals surface area contributed by atoms with Crippen molar-refractivity contribution in [3.8, 4) is 5.75 Å². The van der Waals surface area contributed by atoms with Crippen LogP contribution in [-0.4, -0.2) is 14.1 Å². The van der Waals surface area contributed by atoms with Crippen LogP contribution in [0.3, 0.4) is 0 Å². The standard InChI is InChI=1S/C26H40O2Si/c1-19(22-15-16-23-24(27)12-9-17-26(22,23)5)13-14-20-10-8-11-21(18-20)28-29(6,7)25(2,3)4/h8,10-11,13-14,18-19,22-23H,9,12,15-17H2,1-7H3/t19-,22+,23-,26+/m0/s1. The van der Waals surface area contributed by atoms with Crippen LogP contribution >= 0.6 is 0 Å². The molecule has 3 rings (SSSR count). The van der Waals surface area contributed by atoms with Crippen LogP contribution in [0.15, 0.2) is 30.3 Å². The van der Waals surface area contributed by atoms with Gasteiger partial charge in [-0.3, -0.25) is 4.79 Å². The van der Waals surface area contributed by atoms with Gasteiger partial charge in [0.05, 0.1) is 0 Å². The van der Waals surface area contributed by atoms with E-state index in [1.165, 1.54) is 18.4 Å². The molecule has 0 N–H and O–H groups in total. The highest BCUT2D eigenvalue weighted by Crippen LogP contribution is 2.56. The maximum atomic E-state index is 12.4. The molecule has 3 heteroatoms. The smallest absolute Gasteiger partial charge is 0.250 e. The maximum absolute atomic E-state index is 12.4. The molecule has 0 bridgehead atoms. The van der Waals surface area contributed by atoms with Gasteiger partial charge >= 0.3 is 0 Å². The van der Waals surface area contributed by atoms with Crippen LogP contribution in [0.4, 0.5) is 0 Å². The lowest BCUT2D eigenvalue weighted by atomic mass is 9.62. The van der Waals surface area contributed by atoms with Crippen LogP contribution in [0.2, 0.25) is 18.1 Å². The van der Waals surface area contributed by atoms with E-state index < -0.39 is 8.32 Å². The molecule has 2 nitrogen and oxygen atoms in total. The predicted molar refractivity (Wildman–Crippen MR) is 126 cm³/mol. The molecule has 160 valence electrons. The molecule has 1 aromatic rings. The largest absolute Gasteiger partial charge is 0.543 e. The van der Waals surface area contributed by atoms with Gasteiger partial charge in [-0.1, -0.05) is 58.9 Å². The van der Waals surface area contributed by atoms with E-state index in [1.54, 1.807) is 0 Å². The van der Waals surface area contributed by atoms with E-state index in [4.69, 9.17) is 4.43 Å². The van der Waals surface area contributed by atoms with Crippen LogP contribution in [0, 0.1) is 23.2 Å². The number of ketones is 1. The molecule has 0 radical (unpaired) electrons. The first-order chi connectivity index (χ1) is 13.4. The van der Waals surface area contributed by atoms with Crippen molar-refractivity contribution in [2.24, 2.45) is 23.2 Å². The first-order valence-corrected chi connectivity index (χ1v) is 14.3. The molecule has 0 saturated heterocycles. The fraction of sp³-hybridized carbons (Fsp3) is 0.654. The Labute approximate surface area is 179 Å². The van der Waals surface area contributed by atoms with E-state index in [1.807, 2.05) is 0 Å². The Balaban J connectivity index is 1.71. The van der Waals surface area contributed by atoms with Crippen LogP contribution in [0.25, 0.3) is 6.08 Å². The fourth-order valence-electron chi connectivity index (χ4n) is 5.36. The molecule has 29 heavy (non-hydrogen) atoms. The normalized spacial score (nSPS) is 29.1. The number of Topliss-reactive ketones (excluding diaryl/α,β-unsaturated/α-hetero) is 1. The maximum Gasteiger partial charge on any atom is 0.250 e. The van der Waals surface area contributed by atoms with Gasteiger partial charge in [0, 0.05) is 12.3 Å². The van der Waals surface area contributed by atoms with Crippen molar-refractivity contribution in [1.82, 2.24) is 0 Å². The molecule has 1 aromatic carbocycles. The molecular weight excluding hydrogens is 372 g/mol. The molecule has 2 fully saturated rings. The number of hydrogen-bond acceptors (Lipinski definition) is 2. The summed E-state index contributed by atoms with van der Waals surface area (Å²) >= 11 is 0. The fourth-order valence-corrected chi connectivity index (χ4v) is 6.38. The minimum absolute atomic E-state index is 0.194. The number of rotatable bonds is 5. The summed E-state index contributed by atoms with van der Waals surface area (Å²) in [7, 11) is -1.83. The number of carbonyl (C=O) groups excluding carboxylic acids is 1. The van der Waals surface area contributed by atoms with Gasteiger partial charge in [0.15, 0.2) is 0 Å². The third kappa shape index (κ3) is 4.55. The third-order valence-electron chi connectivity index (χ3n) is 8.20. The molecule has 2 aliphatic rings. The van der Waals surface area contributed by atoms with Gasteiger partial charge in [-0.15, -0.1) is 0 Å². The zero-order chi connectivity index (χ0) is 21.4. The average Bonchev–Trinajstić information content (AvgIpc) is 2.97. The van der Waals surface area contributed by atoms with Crippen LogP contribution in [-0.2, 0) is 4.79 Å². The summed E-state index contributed by atoms with van der Waals surface area (Å²) in [4.78, 5) is 12.4. The Morgan fingerprint density at radius 2 is 1.97 bits per heavy atom. The number of benzene rings is 1. The minimum atomic E-state index is -1.83. The van der Waals surface area contributed by atoms with Crippen molar-refractivity contribution in [3.05, 3.63) is 35.9 Å². The monoisotopic (exact) mass is 412 g/mol. The number of hydrogen-bond donors (Lipinski definition) is 0. The van der Waals surface area contributed by atoms with E-state index in [9.17, 15) is 4.79 Å². The van der Waals surface area contributed by atoms with Crippen molar-refractivity contribution in [3.63, 3.8) is 0 Å². The lowest BCUT2D eigenvalue weighted by Gasteiger charge is -2.41. The predicted octanol–water partition coefficient (Wildman–Crippen LogP) is 7.51. The summed E-state index contributed by atoms with van der Waals surface area (Å²) in [5.41, 5.74) is 1.40. The Morgan fingerprint density at radius 3 is 2.66 bits per heavy atom. The Bertz CT molecular complexity index is 773. The van der Waals surface area contributed by atoms with Crippen molar-refractivity contribution in [2.75, 3.05) is 0 Å². The number of allylic oxidation sites excluding steroid dienone is 1. The van der Waals surface area contributed by atoms with Gasteiger partial charge in [-0.25, -0.2) is 0 Å². The molecule has 0 heterocycles. The molecule has 0 spiro atoms. The molecular formula is C26H40O2Si. The van der Waals surface area contributed by atoms with Crippen molar-refractivity contribution < 1.29 is 9.22 Å². The summed E-state index contributed by atoms with van der Waals surface area (Å²) in [6.45, 7) is 16.1. The zero-order valence-electron chi connectivity index (χ0n) is 19.5. The summed E-state index contributed by atoms with van der Waals surface area (Å²) < 4.78 is 6.48. The van der Waals surface area contributed by atoms with E-state index >= 15 is 0 Å². The molecule has 2 aliphatic carbocycles. The van der Waals surface area contributed by atoms with E-state index in [2.05, 4.69) is 84.1 Å². The quantitative estimate of drug-likeness (QED) is 0.468. The summed E-state index contributed by atoms with van der Waals surface area (Å²) in [5.74, 6) is 2.91. The van der Waals surface area contributed by atoms with Crippen molar-refractivity contribution in [2.45, 2.75) is 84.9 Å². The SMILES string of the molecule is C[C@@H](C=Cc1cccc(O[Si](C)(C)C(C)(C)C)c1)[C@H]1CC[C@H]2C(=O)CCC[C@]12C. The van der Waals surface area contributed by atoms with Crippen LogP contribution in [0.5, 0.6) is 5.75 Å². The average molecular weight is 413 g/mol. The second-order valence-electron chi connectivity index (χ2n) is 11.2.